The van der Waals surface area contributed by atoms with Gasteiger partial charge < -0.3 is 15.0 Å². The van der Waals surface area contributed by atoms with E-state index in [4.69, 9.17) is 27.9 Å². The zero-order valence-electron chi connectivity index (χ0n) is 17.2. The molecule has 0 bridgehead atoms. The van der Waals surface area contributed by atoms with Crippen molar-refractivity contribution in [3.63, 3.8) is 0 Å². The van der Waals surface area contributed by atoms with Crippen LogP contribution >= 0.6 is 23.2 Å². The molecule has 0 aromatic heterocycles. The number of halogens is 2. The first-order valence-electron chi connectivity index (χ1n) is 10.1. The Bertz CT molecular complexity index is 764. The number of rotatable bonds is 5. The number of ether oxygens (including phenoxy) is 1. The molecule has 0 radical (unpaired) electrons. The molecule has 1 atom stereocenters. The Morgan fingerprint density at radius 2 is 1.93 bits per heavy atom. The van der Waals surface area contributed by atoms with E-state index in [-0.39, 0.29) is 18.4 Å². The van der Waals surface area contributed by atoms with E-state index in [1.165, 1.54) is 0 Å². The van der Waals surface area contributed by atoms with Crippen molar-refractivity contribution >= 4 is 35.0 Å². The Morgan fingerprint density at radius 3 is 2.55 bits per heavy atom. The lowest BCUT2D eigenvalue weighted by Crippen LogP contribution is -2.57. The Kier molecular flexibility index (Phi) is 7.10. The summed E-state index contributed by atoms with van der Waals surface area (Å²) >= 11 is 12.2. The van der Waals surface area contributed by atoms with Gasteiger partial charge in [0.1, 0.15) is 11.8 Å². The van der Waals surface area contributed by atoms with Crippen LogP contribution in [0.15, 0.2) is 18.2 Å². The van der Waals surface area contributed by atoms with Crippen molar-refractivity contribution in [2.75, 3.05) is 33.8 Å². The maximum Gasteiger partial charge on any atom is 0.256 e. The highest BCUT2D eigenvalue weighted by Crippen LogP contribution is 2.43. The van der Waals surface area contributed by atoms with E-state index in [0.717, 1.165) is 32.2 Å². The SMILES string of the molecule is CC1CCC2(CC1)OC[C@H](C(=O)NCCN(C)C)N2C(=O)c1ccc(Cl)c(Cl)c1. The Morgan fingerprint density at radius 1 is 1.24 bits per heavy atom. The van der Waals surface area contributed by atoms with E-state index >= 15 is 0 Å². The molecule has 1 aliphatic carbocycles. The first kappa shape index (κ1) is 22.3. The molecule has 2 amide bonds. The van der Waals surface area contributed by atoms with Gasteiger partial charge in [-0.25, -0.2) is 0 Å². The second kappa shape index (κ2) is 9.21. The molecule has 0 unspecified atom stereocenters. The van der Waals surface area contributed by atoms with Crippen LogP contribution in [0, 0.1) is 5.92 Å². The molecule has 1 aromatic carbocycles. The number of carbonyl (C=O) groups is 2. The van der Waals surface area contributed by atoms with Crippen LogP contribution in [-0.2, 0) is 9.53 Å². The number of hydrogen-bond donors (Lipinski definition) is 1. The van der Waals surface area contributed by atoms with Gasteiger partial charge in [0.05, 0.1) is 16.7 Å². The minimum Gasteiger partial charge on any atom is -0.353 e. The van der Waals surface area contributed by atoms with Gasteiger partial charge in [0, 0.05) is 18.7 Å². The van der Waals surface area contributed by atoms with Crippen molar-refractivity contribution in [1.82, 2.24) is 15.1 Å². The number of amides is 2. The van der Waals surface area contributed by atoms with Gasteiger partial charge in [-0.3, -0.25) is 14.5 Å². The Hall–Kier alpha value is -1.34. The maximum atomic E-state index is 13.5. The summed E-state index contributed by atoms with van der Waals surface area (Å²) in [4.78, 5) is 30.1. The van der Waals surface area contributed by atoms with Gasteiger partial charge in [-0.15, -0.1) is 0 Å². The van der Waals surface area contributed by atoms with E-state index in [0.29, 0.717) is 28.1 Å². The van der Waals surface area contributed by atoms with Gasteiger partial charge in [-0.2, -0.15) is 0 Å². The third kappa shape index (κ3) is 4.88. The molecule has 1 spiro atoms. The predicted molar refractivity (Wildman–Crippen MR) is 114 cm³/mol. The summed E-state index contributed by atoms with van der Waals surface area (Å²) in [6, 6.07) is 4.16. The fourth-order valence-electron chi connectivity index (χ4n) is 4.07. The lowest BCUT2D eigenvalue weighted by atomic mass is 9.83. The molecular weight excluding hydrogens is 413 g/mol. The molecule has 1 saturated carbocycles. The van der Waals surface area contributed by atoms with Crippen molar-refractivity contribution in [2.24, 2.45) is 5.92 Å². The zero-order valence-corrected chi connectivity index (χ0v) is 18.7. The topological polar surface area (TPSA) is 61.9 Å². The van der Waals surface area contributed by atoms with Gasteiger partial charge in [0.2, 0.25) is 5.91 Å². The minimum absolute atomic E-state index is 0.184. The van der Waals surface area contributed by atoms with Gasteiger partial charge >= 0.3 is 0 Å². The minimum atomic E-state index is -0.737. The maximum absolute atomic E-state index is 13.5. The molecule has 29 heavy (non-hydrogen) atoms. The lowest BCUT2D eigenvalue weighted by molar-refractivity contribution is -0.127. The molecule has 6 nitrogen and oxygen atoms in total. The normalized spacial score (nSPS) is 26.9. The van der Waals surface area contributed by atoms with Crippen LogP contribution in [0.25, 0.3) is 0 Å². The summed E-state index contributed by atoms with van der Waals surface area (Å²) < 4.78 is 6.17. The van der Waals surface area contributed by atoms with E-state index in [1.54, 1.807) is 23.1 Å². The van der Waals surface area contributed by atoms with Crippen molar-refractivity contribution in [3.8, 4) is 0 Å². The highest BCUT2D eigenvalue weighted by atomic mass is 35.5. The molecule has 1 aliphatic heterocycles. The zero-order chi connectivity index (χ0) is 21.2. The van der Waals surface area contributed by atoms with Crippen LogP contribution in [0.5, 0.6) is 0 Å². The van der Waals surface area contributed by atoms with Crippen LogP contribution in [0.2, 0.25) is 10.0 Å². The van der Waals surface area contributed by atoms with Gasteiger partial charge in [-0.05, 0) is 63.9 Å². The third-order valence-corrected chi connectivity index (χ3v) is 6.60. The largest absolute Gasteiger partial charge is 0.353 e. The smallest absolute Gasteiger partial charge is 0.256 e. The number of nitrogens with one attached hydrogen (secondary N) is 1. The number of likely N-dealkylation sites (N-methyl/N-ethyl adjacent to an activating group) is 1. The van der Waals surface area contributed by atoms with Crippen molar-refractivity contribution < 1.29 is 14.3 Å². The summed E-state index contributed by atoms with van der Waals surface area (Å²) in [6.45, 7) is 3.65. The molecule has 1 aromatic rings. The van der Waals surface area contributed by atoms with Crippen LogP contribution < -0.4 is 5.32 Å². The highest BCUT2D eigenvalue weighted by Gasteiger charge is 2.53. The summed E-state index contributed by atoms with van der Waals surface area (Å²) in [6.07, 6.45) is 3.37. The van der Waals surface area contributed by atoms with Crippen molar-refractivity contribution in [3.05, 3.63) is 33.8 Å². The first-order valence-corrected chi connectivity index (χ1v) is 10.8. The monoisotopic (exact) mass is 441 g/mol. The third-order valence-electron chi connectivity index (χ3n) is 5.86. The summed E-state index contributed by atoms with van der Waals surface area (Å²) in [5.41, 5.74) is -0.326. The Balaban J connectivity index is 1.87. The second-order valence-corrected chi connectivity index (χ2v) is 9.17. The molecule has 3 rings (SSSR count). The van der Waals surface area contributed by atoms with Crippen LogP contribution in [0.1, 0.15) is 43.0 Å². The van der Waals surface area contributed by atoms with Crippen LogP contribution in [0.4, 0.5) is 0 Å². The average Bonchev–Trinajstić information content (AvgIpc) is 3.04. The van der Waals surface area contributed by atoms with E-state index in [9.17, 15) is 9.59 Å². The van der Waals surface area contributed by atoms with Crippen LogP contribution in [-0.4, -0.2) is 67.2 Å². The molecular formula is C21H29Cl2N3O3. The van der Waals surface area contributed by atoms with Crippen molar-refractivity contribution in [1.29, 1.82) is 0 Å². The van der Waals surface area contributed by atoms with E-state index in [2.05, 4.69) is 12.2 Å². The van der Waals surface area contributed by atoms with Gasteiger partial charge in [0.15, 0.2) is 0 Å². The summed E-state index contributed by atoms with van der Waals surface area (Å²) in [5.74, 6) is 0.151. The average molecular weight is 442 g/mol. The summed E-state index contributed by atoms with van der Waals surface area (Å²) in [5, 5.41) is 3.65. The Labute approximate surface area is 182 Å². The second-order valence-electron chi connectivity index (χ2n) is 8.35. The molecule has 1 N–H and O–H groups in total. The number of carbonyl (C=O) groups excluding carboxylic acids is 2. The number of hydrogen-bond acceptors (Lipinski definition) is 4. The molecule has 160 valence electrons. The fraction of sp³-hybridized carbons (Fsp3) is 0.619. The molecule has 8 heteroatoms. The standard InChI is InChI=1S/C21H29Cl2N3O3/c1-14-6-8-21(9-7-14)26(20(28)15-4-5-16(22)17(23)12-15)18(13-29-21)19(27)24-10-11-25(2)3/h4-5,12,14,18H,6-11,13H2,1-3H3,(H,24,27)/t14?,18-,21?/m1/s1. The molecule has 1 heterocycles. The van der Waals surface area contributed by atoms with E-state index in [1.807, 2.05) is 19.0 Å². The fourth-order valence-corrected chi connectivity index (χ4v) is 4.37. The highest BCUT2D eigenvalue weighted by molar-refractivity contribution is 6.42. The quantitative estimate of drug-likeness (QED) is 0.759. The predicted octanol–water partition coefficient (Wildman–Crippen LogP) is 3.42. The first-order chi connectivity index (χ1) is 13.7. The molecule has 2 fully saturated rings. The summed E-state index contributed by atoms with van der Waals surface area (Å²) in [7, 11) is 3.90. The lowest BCUT2D eigenvalue weighted by Gasteiger charge is -2.43. The van der Waals surface area contributed by atoms with Crippen molar-refractivity contribution in [2.45, 2.75) is 44.4 Å². The number of benzene rings is 1. The molecule has 1 saturated heterocycles. The van der Waals surface area contributed by atoms with Gasteiger partial charge in [0.25, 0.3) is 5.91 Å². The van der Waals surface area contributed by atoms with E-state index < -0.39 is 11.8 Å². The number of nitrogens with zero attached hydrogens (tertiary/aromatic N) is 2. The van der Waals surface area contributed by atoms with Gasteiger partial charge in [-0.1, -0.05) is 30.1 Å². The molecule has 2 aliphatic rings. The van der Waals surface area contributed by atoms with Crippen LogP contribution in [0.3, 0.4) is 0 Å².